The number of esters is 1. The summed E-state index contributed by atoms with van der Waals surface area (Å²) in [5.74, 6) is -0.403. The first-order valence-corrected chi connectivity index (χ1v) is 16.2. The maximum atomic E-state index is 11.9. The Labute approximate surface area is 279 Å². The van der Waals surface area contributed by atoms with Gasteiger partial charge in [0.25, 0.3) is 0 Å². The van der Waals surface area contributed by atoms with Crippen LogP contribution in [0.4, 0.5) is 23.0 Å². The van der Waals surface area contributed by atoms with E-state index < -0.39 is 11.9 Å². The average molecular weight is 681 g/mol. The summed E-state index contributed by atoms with van der Waals surface area (Å²) in [5.41, 5.74) is 5.04. The fourth-order valence-corrected chi connectivity index (χ4v) is 7.02. The first-order chi connectivity index (χ1) is 23.2. The first kappa shape index (κ1) is 30.9. The largest absolute Gasteiger partial charge is 0.477 e. The second-order valence-electron chi connectivity index (χ2n) is 10.6. The van der Waals surface area contributed by atoms with Crippen LogP contribution in [-0.2, 0) is 27.2 Å². The highest BCUT2D eigenvalue weighted by atomic mass is 32.2. The number of carboxylic acid groups (broad SMARTS) is 1. The number of carbonyl (C=O) groups excluding carboxylic acids is 3. The van der Waals surface area contributed by atoms with E-state index in [9.17, 15) is 19.2 Å². The number of aromatic carboxylic acids is 1. The van der Waals surface area contributed by atoms with Crippen LogP contribution in [0.1, 0.15) is 39.0 Å². The van der Waals surface area contributed by atoms with Gasteiger partial charge < -0.3 is 30.4 Å². The molecule has 2 aliphatic heterocycles. The van der Waals surface area contributed by atoms with Gasteiger partial charge in [0.2, 0.25) is 0 Å². The van der Waals surface area contributed by atoms with E-state index in [0.29, 0.717) is 58.8 Å². The van der Waals surface area contributed by atoms with Crippen LogP contribution in [0, 0.1) is 0 Å². The van der Waals surface area contributed by atoms with Crippen LogP contribution in [0.5, 0.6) is 0 Å². The summed E-state index contributed by atoms with van der Waals surface area (Å²) >= 11 is 2.49. The van der Waals surface area contributed by atoms with Crippen molar-refractivity contribution in [1.29, 1.82) is 0 Å². The maximum Gasteiger partial charge on any atom is 0.354 e. The van der Waals surface area contributed by atoms with Crippen molar-refractivity contribution < 1.29 is 29.0 Å². The van der Waals surface area contributed by atoms with E-state index in [4.69, 9.17) is 9.84 Å². The van der Waals surface area contributed by atoms with Gasteiger partial charge in [-0.05, 0) is 54.4 Å². The van der Waals surface area contributed by atoms with Crippen molar-refractivity contribution in [2.75, 3.05) is 17.2 Å². The van der Waals surface area contributed by atoms with Gasteiger partial charge in [-0.25, -0.2) is 29.5 Å². The molecular formula is C32H24N8O6S2. The minimum absolute atomic E-state index is 0.0543. The lowest BCUT2D eigenvalue weighted by molar-refractivity contribution is -0.110. The minimum Gasteiger partial charge on any atom is -0.477 e. The lowest BCUT2D eigenvalue weighted by Crippen LogP contribution is -2.04. The number of nitrogens with zero attached hydrogens (tertiary/aromatic N) is 4. The number of carbonyl (C=O) groups is 4. The number of aromatic nitrogens is 6. The van der Waals surface area contributed by atoms with E-state index in [-0.39, 0.29) is 15.9 Å². The van der Waals surface area contributed by atoms with Crippen molar-refractivity contribution in [3.63, 3.8) is 0 Å². The average Bonchev–Trinajstić information content (AvgIpc) is 3.85. The number of carboxylic acids is 1. The van der Waals surface area contributed by atoms with Crippen LogP contribution in [0.15, 0.2) is 71.0 Å². The van der Waals surface area contributed by atoms with Gasteiger partial charge in [-0.2, -0.15) is 0 Å². The fourth-order valence-electron chi connectivity index (χ4n) is 5.16. The molecule has 0 unspecified atom stereocenters. The molecule has 0 saturated heterocycles. The zero-order valence-corrected chi connectivity index (χ0v) is 26.6. The molecule has 6 aromatic rings. The molecule has 16 heteroatoms. The summed E-state index contributed by atoms with van der Waals surface area (Å²) < 4.78 is 5.00. The third-order valence-electron chi connectivity index (χ3n) is 7.35. The van der Waals surface area contributed by atoms with Crippen molar-refractivity contribution in [2.24, 2.45) is 0 Å². The summed E-state index contributed by atoms with van der Waals surface area (Å²) in [7, 11) is 0. The Bertz CT molecular complexity index is 2280. The number of ether oxygens (including phenoxy) is 1. The summed E-state index contributed by atoms with van der Waals surface area (Å²) in [6, 6.07) is 14.6. The van der Waals surface area contributed by atoms with Crippen LogP contribution in [0.3, 0.4) is 0 Å². The molecule has 4 aromatic heterocycles. The third kappa shape index (κ3) is 6.30. The molecule has 0 spiro atoms. The number of benzene rings is 2. The molecule has 0 amide bonds. The molecule has 0 saturated carbocycles. The first-order valence-electron chi connectivity index (χ1n) is 14.5. The van der Waals surface area contributed by atoms with Gasteiger partial charge in [0.1, 0.15) is 47.0 Å². The van der Waals surface area contributed by atoms with Crippen molar-refractivity contribution in [3.05, 3.63) is 83.7 Å². The Morgan fingerprint density at radius 1 is 0.771 bits per heavy atom. The molecule has 8 rings (SSSR count). The molecule has 0 radical (unpaired) electrons. The summed E-state index contributed by atoms with van der Waals surface area (Å²) in [4.78, 5) is 70.1. The smallest absolute Gasteiger partial charge is 0.354 e. The molecular weight excluding hydrogens is 657 g/mol. The normalized spacial score (nSPS) is 13.2. The van der Waals surface area contributed by atoms with Gasteiger partial charge in [-0.3, -0.25) is 9.59 Å². The van der Waals surface area contributed by atoms with E-state index in [1.165, 1.54) is 42.2 Å². The lowest BCUT2D eigenvalue weighted by atomic mass is 10.1. The number of hydrogen-bond acceptors (Lipinski definition) is 13. The van der Waals surface area contributed by atoms with E-state index in [0.717, 1.165) is 32.3 Å². The summed E-state index contributed by atoms with van der Waals surface area (Å²) in [6.07, 6.45) is 3.71. The second kappa shape index (κ2) is 12.8. The molecule has 240 valence electrons. The molecule has 14 nitrogen and oxygen atoms in total. The number of fused-ring (bicyclic) bond motifs is 4. The number of hydrogen-bond donors (Lipinski definition) is 5. The van der Waals surface area contributed by atoms with Gasteiger partial charge in [-0.1, -0.05) is 35.7 Å². The predicted octanol–water partition coefficient (Wildman–Crippen LogP) is 5.63. The van der Waals surface area contributed by atoms with E-state index in [2.05, 4.69) is 40.5 Å². The topological polar surface area (TPSA) is 205 Å². The zero-order chi connectivity index (χ0) is 33.4. The SMILES string of the molecule is CCOC(=O)c1cc2c(Nc3ccc4c(c3)SC(=O)C4)ncnc2[nH]1.O=C1Cc2ccc(Nc3ncnc4[nH]c(C(=O)O)cc34)cc2S1. The molecule has 0 atom stereocenters. The second-order valence-corrected chi connectivity index (χ2v) is 12.8. The highest BCUT2D eigenvalue weighted by molar-refractivity contribution is 8.14. The standard InChI is InChI=1S/C17H14N4O3S.C15H10N4O3S/c1-2-24-17(23)12-7-11-15(18-8-19-16(11)21-12)20-10-4-3-9-5-14(22)25-13(9)6-10;20-12-3-7-1-2-8(4-11(7)23-12)18-13-9-5-10(15(21)22)19-14(9)17-6-16-13/h3-4,6-8H,2,5H2,1H3,(H2,18,19,20,21);1-2,4-6H,3H2,(H,21,22)(H2,16,17,18,19). The quantitative estimate of drug-likeness (QED) is 0.130. The molecule has 2 aromatic carbocycles. The molecule has 48 heavy (non-hydrogen) atoms. The molecule has 0 aliphatic carbocycles. The van der Waals surface area contributed by atoms with E-state index in [1.54, 1.807) is 13.0 Å². The van der Waals surface area contributed by atoms with E-state index >= 15 is 0 Å². The highest BCUT2D eigenvalue weighted by Gasteiger charge is 2.21. The van der Waals surface area contributed by atoms with Gasteiger partial charge in [-0.15, -0.1) is 0 Å². The zero-order valence-electron chi connectivity index (χ0n) is 25.0. The summed E-state index contributed by atoms with van der Waals surface area (Å²) in [6.45, 7) is 2.06. The number of thioether (sulfide) groups is 2. The summed E-state index contributed by atoms with van der Waals surface area (Å²) in [5, 5.41) is 17.0. The predicted molar refractivity (Wildman–Crippen MR) is 179 cm³/mol. The molecule has 2 aliphatic rings. The van der Waals surface area contributed by atoms with Gasteiger partial charge >= 0.3 is 11.9 Å². The number of aromatic amines is 2. The Morgan fingerprint density at radius 3 is 1.77 bits per heavy atom. The van der Waals surface area contributed by atoms with Crippen LogP contribution in [0.2, 0.25) is 0 Å². The van der Waals surface area contributed by atoms with Gasteiger partial charge in [0, 0.05) is 34.0 Å². The Morgan fingerprint density at radius 2 is 1.27 bits per heavy atom. The maximum absolute atomic E-state index is 11.9. The fraction of sp³-hybridized carbons (Fsp3) is 0.125. The van der Waals surface area contributed by atoms with Crippen LogP contribution < -0.4 is 10.6 Å². The molecule has 6 heterocycles. The molecule has 0 bridgehead atoms. The number of nitrogens with one attached hydrogen (secondary N) is 4. The van der Waals surface area contributed by atoms with Gasteiger partial charge in [0.05, 0.1) is 17.4 Å². The molecule has 5 N–H and O–H groups in total. The number of rotatable bonds is 7. The number of anilines is 4. The highest BCUT2D eigenvalue weighted by Crippen LogP contribution is 2.37. The van der Waals surface area contributed by atoms with Crippen LogP contribution in [0.25, 0.3) is 22.1 Å². The van der Waals surface area contributed by atoms with Crippen molar-refractivity contribution in [3.8, 4) is 0 Å². The Hall–Kier alpha value is -5.74. The third-order valence-corrected chi connectivity index (χ3v) is 9.30. The van der Waals surface area contributed by atoms with Crippen LogP contribution >= 0.6 is 23.5 Å². The van der Waals surface area contributed by atoms with E-state index in [1.807, 2.05) is 36.4 Å². The lowest BCUT2D eigenvalue weighted by Gasteiger charge is -2.07. The van der Waals surface area contributed by atoms with Crippen molar-refractivity contribution in [1.82, 2.24) is 29.9 Å². The Kier molecular flexibility index (Phi) is 8.24. The molecule has 0 fully saturated rings. The minimum atomic E-state index is -1.05. The van der Waals surface area contributed by atoms with Crippen molar-refractivity contribution in [2.45, 2.75) is 29.6 Å². The monoisotopic (exact) mass is 680 g/mol. The van der Waals surface area contributed by atoms with Gasteiger partial charge in [0.15, 0.2) is 10.2 Å². The number of H-pyrrole nitrogens is 2. The van der Waals surface area contributed by atoms with Crippen LogP contribution in [-0.4, -0.2) is 63.8 Å². The Balaban J connectivity index is 0.000000152. The van der Waals surface area contributed by atoms with Crippen molar-refractivity contribution >= 4 is 90.8 Å².